The second-order valence-electron chi connectivity index (χ2n) is 1.04. The van der Waals surface area contributed by atoms with Crippen LogP contribution in [-0.2, 0) is 31.0 Å². The monoisotopic (exact) mass is 196 g/mol. The molecule has 0 aromatic heterocycles. The first-order chi connectivity index (χ1) is 3.18. The molecule has 0 amide bonds. The summed E-state index contributed by atoms with van der Waals surface area (Å²) in [5, 5.41) is 23.7. The fourth-order valence-electron chi connectivity index (χ4n) is 0.0781. The van der Waals surface area contributed by atoms with Crippen molar-refractivity contribution in [2.75, 3.05) is 6.61 Å². The van der Waals surface area contributed by atoms with Crippen LogP contribution in [-0.4, -0.2) is 34.0 Å². The topological polar surface area (TPSA) is 77.8 Å². The molecule has 0 aromatic rings. The van der Waals surface area contributed by atoms with E-state index < -0.39 is 18.7 Å². The van der Waals surface area contributed by atoms with E-state index in [0.29, 0.717) is 0 Å². The van der Waals surface area contributed by atoms with E-state index >= 15 is 0 Å². The van der Waals surface area contributed by atoms with E-state index in [0.717, 1.165) is 0 Å². The Morgan fingerprint density at radius 3 is 2.00 bits per heavy atom. The first kappa shape index (κ1) is 11.1. The number of aliphatic hydroxyl groups excluding tert-OH is 2. The third-order valence-corrected chi connectivity index (χ3v) is 0.458. The Bertz CT molecular complexity index is 73.7. The molecule has 0 aliphatic rings. The van der Waals surface area contributed by atoms with Gasteiger partial charge in [-0.15, -0.1) is 0 Å². The molecule has 0 saturated heterocycles. The van der Waals surface area contributed by atoms with Gasteiger partial charge in [0.15, 0.2) is 6.10 Å². The largest absolute Gasteiger partial charge is 0.479 e. The van der Waals surface area contributed by atoms with Gasteiger partial charge >= 0.3 is 5.97 Å². The number of hydrogen-bond donors (Lipinski definition) is 3. The van der Waals surface area contributed by atoms with E-state index in [1.165, 1.54) is 0 Å². The van der Waals surface area contributed by atoms with Crippen LogP contribution in [0.3, 0.4) is 0 Å². The molecule has 0 rings (SSSR count). The van der Waals surface area contributed by atoms with Gasteiger partial charge < -0.3 is 15.3 Å². The summed E-state index contributed by atoms with van der Waals surface area (Å²) in [4.78, 5) is 9.52. The Balaban J connectivity index is 0. The van der Waals surface area contributed by atoms with Crippen molar-refractivity contribution in [1.29, 1.82) is 0 Å². The van der Waals surface area contributed by atoms with E-state index in [-0.39, 0.29) is 26.2 Å². The van der Waals surface area contributed by atoms with E-state index in [2.05, 4.69) is 0 Å². The van der Waals surface area contributed by atoms with Crippen molar-refractivity contribution < 1.29 is 46.3 Å². The molecule has 4 nitrogen and oxygen atoms in total. The molecular formula is C3H6O4Zr. The zero-order chi connectivity index (χ0) is 5.86. The number of carbonyl (C=O) groups is 1. The fourth-order valence-corrected chi connectivity index (χ4v) is 0.0781. The molecule has 0 radical (unpaired) electrons. The van der Waals surface area contributed by atoms with Crippen LogP contribution in [0, 0.1) is 0 Å². The number of carboxylic acids is 1. The molecule has 0 spiro atoms. The molecule has 3 N–H and O–H groups in total. The van der Waals surface area contributed by atoms with Crippen LogP contribution >= 0.6 is 0 Å². The van der Waals surface area contributed by atoms with E-state index in [9.17, 15) is 4.79 Å². The maximum atomic E-state index is 9.52. The fraction of sp³-hybridized carbons (Fsp3) is 0.667. The molecular weight excluding hydrogens is 191 g/mol. The van der Waals surface area contributed by atoms with Crippen molar-refractivity contribution in [2.45, 2.75) is 6.10 Å². The molecule has 1 unspecified atom stereocenters. The summed E-state index contributed by atoms with van der Waals surface area (Å²) < 4.78 is 0. The number of aliphatic hydroxyl groups is 2. The molecule has 0 fully saturated rings. The quantitative estimate of drug-likeness (QED) is 0.499. The number of aliphatic carboxylic acids is 1. The molecule has 0 aliphatic heterocycles. The molecule has 5 heteroatoms. The molecule has 46 valence electrons. The Hall–Kier alpha value is 0.273. The predicted molar refractivity (Wildman–Crippen MR) is 20.7 cm³/mol. The third kappa shape index (κ3) is 4.43. The van der Waals surface area contributed by atoms with Crippen LogP contribution in [0.1, 0.15) is 0 Å². The Morgan fingerprint density at radius 1 is 1.62 bits per heavy atom. The van der Waals surface area contributed by atoms with Gasteiger partial charge in [0.2, 0.25) is 0 Å². The van der Waals surface area contributed by atoms with Crippen LogP contribution in [0.5, 0.6) is 0 Å². The van der Waals surface area contributed by atoms with Crippen LogP contribution in [0.2, 0.25) is 0 Å². The molecule has 0 saturated carbocycles. The summed E-state index contributed by atoms with van der Waals surface area (Å²) in [6, 6.07) is 0. The third-order valence-electron chi connectivity index (χ3n) is 0.458. The minimum atomic E-state index is -1.63. The van der Waals surface area contributed by atoms with Crippen molar-refractivity contribution in [3.8, 4) is 0 Å². The van der Waals surface area contributed by atoms with Crippen LogP contribution < -0.4 is 0 Å². The van der Waals surface area contributed by atoms with Crippen molar-refractivity contribution in [3.63, 3.8) is 0 Å². The van der Waals surface area contributed by atoms with E-state index in [1.54, 1.807) is 0 Å². The van der Waals surface area contributed by atoms with Gasteiger partial charge in [-0.2, -0.15) is 0 Å². The zero-order valence-corrected chi connectivity index (χ0v) is 6.49. The number of carboxylic acid groups (broad SMARTS) is 1. The first-order valence-corrected chi connectivity index (χ1v) is 1.70. The van der Waals surface area contributed by atoms with Crippen molar-refractivity contribution >= 4 is 5.97 Å². The summed E-state index contributed by atoms with van der Waals surface area (Å²) in [7, 11) is 0. The van der Waals surface area contributed by atoms with Gasteiger partial charge in [0.25, 0.3) is 0 Å². The molecule has 1 atom stereocenters. The van der Waals surface area contributed by atoms with Crippen molar-refractivity contribution in [2.24, 2.45) is 0 Å². The van der Waals surface area contributed by atoms with E-state index in [4.69, 9.17) is 15.3 Å². The second-order valence-corrected chi connectivity index (χ2v) is 1.04. The number of rotatable bonds is 2. The van der Waals surface area contributed by atoms with Gasteiger partial charge in [0.1, 0.15) is 0 Å². The summed E-state index contributed by atoms with van der Waals surface area (Å²) in [6.07, 6.45) is -1.63. The van der Waals surface area contributed by atoms with Crippen LogP contribution in [0.25, 0.3) is 0 Å². The molecule has 0 aromatic carbocycles. The summed E-state index contributed by atoms with van der Waals surface area (Å²) >= 11 is 0. The van der Waals surface area contributed by atoms with Gasteiger partial charge in [-0.25, -0.2) is 4.79 Å². The van der Waals surface area contributed by atoms with Gasteiger partial charge in [-0.3, -0.25) is 0 Å². The smallest absolute Gasteiger partial charge is 0.334 e. The van der Waals surface area contributed by atoms with Crippen LogP contribution in [0.15, 0.2) is 0 Å². The Labute approximate surface area is 65.3 Å². The minimum absolute atomic E-state index is 0. The molecule has 8 heavy (non-hydrogen) atoms. The maximum absolute atomic E-state index is 9.52. The number of hydrogen-bond acceptors (Lipinski definition) is 3. The van der Waals surface area contributed by atoms with Gasteiger partial charge in [-0.1, -0.05) is 0 Å². The van der Waals surface area contributed by atoms with Gasteiger partial charge in [-0.05, 0) is 0 Å². The predicted octanol–water partition coefficient (Wildman–Crippen LogP) is -1.58. The maximum Gasteiger partial charge on any atom is 0.334 e. The van der Waals surface area contributed by atoms with Crippen molar-refractivity contribution in [3.05, 3.63) is 0 Å². The summed E-state index contributed by atoms with van der Waals surface area (Å²) in [5.74, 6) is -1.40. The molecule has 0 bridgehead atoms. The first-order valence-electron chi connectivity index (χ1n) is 1.70. The average Bonchev–Trinajstić information content (AvgIpc) is 1.65. The Kier molecular flexibility index (Phi) is 7.52. The zero-order valence-electron chi connectivity index (χ0n) is 4.03. The average molecular weight is 197 g/mol. The van der Waals surface area contributed by atoms with Crippen molar-refractivity contribution in [1.82, 2.24) is 0 Å². The standard InChI is InChI=1S/C3H6O4.Zr/c4-1-2(5)3(6)7;/h2,4-5H,1H2,(H,6,7);. The SMILES string of the molecule is O=C(O)C(O)CO.[Zr]. The second kappa shape index (κ2) is 5.41. The minimum Gasteiger partial charge on any atom is -0.479 e. The summed E-state index contributed by atoms with van der Waals surface area (Å²) in [6.45, 7) is -0.727. The summed E-state index contributed by atoms with van der Waals surface area (Å²) in [5.41, 5.74) is 0. The Morgan fingerprint density at radius 2 is 2.00 bits per heavy atom. The van der Waals surface area contributed by atoms with Gasteiger partial charge in [0, 0.05) is 26.2 Å². The normalized spacial score (nSPS) is 11.8. The van der Waals surface area contributed by atoms with Gasteiger partial charge in [0.05, 0.1) is 6.61 Å². The van der Waals surface area contributed by atoms with E-state index in [1.807, 2.05) is 0 Å². The molecule has 0 heterocycles. The van der Waals surface area contributed by atoms with Crippen LogP contribution in [0.4, 0.5) is 0 Å². The molecule has 0 aliphatic carbocycles.